The van der Waals surface area contributed by atoms with Gasteiger partial charge in [0, 0.05) is 12.1 Å². The van der Waals surface area contributed by atoms with Crippen LogP contribution in [0.4, 0.5) is 0 Å². The van der Waals surface area contributed by atoms with E-state index < -0.39 is 0 Å². The number of aryl methyl sites for hydroxylation is 4. The van der Waals surface area contributed by atoms with E-state index in [9.17, 15) is 4.79 Å². The Labute approximate surface area is 157 Å². The zero-order chi connectivity index (χ0) is 18.8. The highest BCUT2D eigenvalue weighted by Crippen LogP contribution is 2.30. The van der Waals surface area contributed by atoms with E-state index in [1.165, 1.54) is 0 Å². The second kappa shape index (κ2) is 7.46. The van der Waals surface area contributed by atoms with Crippen LogP contribution in [-0.2, 0) is 6.54 Å². The lowest BCUT2D eigenvalue weighted by Gasteiger charge is -2.08. The van der Waals surface area contributed by atoms with Crippen molar-refractivity contribution in [3.05, 3.63) is 57.4 Å². The van der Waals surface area contributed by atoms with E-state index in [-0.39, 0.29) is 5.91 Å². The summed E-state index contributed by atoms with van der Waals surface area (Å²) in [5.74, 6) is 0.617. The number of benzene rings is 2. The first-order valence-corrected chi connectivity index (χ1v) is 9.61. The summed E-state index contributed by atoms with van der Waals surface area (Å²) in [5, 5.41) is 0. The number of carbonyl (C=O) groups excluding carboxylic acids is 1. The van der Waals surface area contributed by atoms with Gasteiger partial charge in [-0.05, 0) is 50.5 Å². The maximum atomic E-state index is 12.8. The predicted octanol–water partition coefficient (Wildman–Crippen LogP) is 4.79. The van der Waals surface area contributed by atoms with Crippen molar-refractivity contribution in [2.24, 2.45) is 4.99 Å². The van der Waals surface area contributed by atoms with Crippen molar-refractivity contribution >= 4 is 27.5 Å². The van der Waals surface area contributed by atoms with Crippen LogP contribution in [0.25, 0.3) is 10.2 Å². The molecule has 0 aliphatic heterocycles. The molecule has 0 aliphatic rings. The standard InChI is InChI=1S/C21H24N2O2S/c1-6-11-23-18-17(25-5)10-8-14(3)19(18)26-21(23)22-20(24)16-9-7-13(2)12-15(16)4/h7-10,12H,6,11H2,1-5H3. The number of hydrogen-bond acceptors (Lipinski definition) is 3. The highest BCUT2D eigenvalue weighted by Gasteiger charge is 2.15. The zero-order valence-corrected chi connectivity index (χ0v) is 16.7. The molecule has 0 saturated heterocycles. The van der Waals surface area contributed by atoms with Gasteiger partial charge in [0.1, 0.15) is 11.3 Å². The van der Waals surface area contributed by atoms with Crippen molar-refractivity contribution in [1.29, 1.82) is 0 Å². The van der Waals surface area contributed by atoms with Gasteiger partial charge in [-0.2, -0.15) is 4.99 Å². The Kier molecular flexibility index (Phi) is 5.28. The Morgan fingerprint density at radius 1 is 1.15 bits per heavy atom. The van der Waals surface area contributed by atoms with Crippen molar-refractivity contribution in [1.82, 2.24) is 4.57 Å². The third-order valence-corrected chi connectivity index (χ3v) is 5.68. The van der Waals surface area contributed by atoms with Crippen molar-refractivity contribution in [3.63, 3.8) is 0 Å². The molecule has 0 atom stereocenters. The van der Waals surface area contributed by atoms with Crippen LogP contribution in [0.15, 0.2) is 35.3 Å². The van der Waals surface area contributed by atoms with E-state index in [2.05, 4.69) is 23.4 Å². The third-order valence-electron chi connectivity index (χ3n) is 4.46. The fraction of sp³-hybridized carbons (Fsp3) is 0.333. The number of hydrogen-bond donors (Lipinski definition) is 0. The van der Waals surface area contributed by atoms with Gasteiger partial charge < -0.3 is 9.30 Å². The molecule has 0 aliphatic carbocycles. The Hall–Kier alpha value is -2.40. The summed E-state index contributed by atoms with van der Waals surface area (Å²) < 4.78 is 8.78. The first kappa shape index (κ1) is 18.4. The third kappa shape index (κ3) is 3.31. The maximum absolute atomic E-state index is 12.8. The summed E-state index contributed by atoms with van der Waals surface area (Å²) in [6, 6.07) is 9.85. The Bertz CT molecular complexity index is 1040. The summed E-state index contributed by atoms with van der Waals surface area (Å²) in [6.45, 7) is 8.96. The lowest BCUT2D eigenvalue weighted by atomic mass is 10.1. The lowest BCUT2D eigenvalue weighted by molar-refractivity contribution is 0.0997. The van der Waals surface area contributed by atoms with E-state index in [1.54, 1.807) is 18.4 Å². The van der Waals surface area contributed by atoms with E-state index in [1.807, 2.05) is 44.2 Å². The minimum Gasteiger partial charge on any atom is -0.495 e. The van der Waals surface area contributed by atoms with Gasteiger partial charge in [0.25, 0.3) is 5.91 Å². The van der Waals surface area contributed by atoms with Crippen molar-refractivity contribution in [3.8, 4) is 5.75 Å². The van der Waals surface area contributed by atoms with Gasteiger partial charge in [-0.1, -0.05) is 42.0 Å². The van der Waals surface area contributed by atoms with Crippen molar-refractivity contribution in [2.75, 3.05) is 7.11 Å². The second-order valence-electron chi connectivity index (χ2n) is 6.53. The maximum Gasteiger partial charge on any atom is 0.279 e. The molecule has 0 N–H and O–H groups in total. The Morgan fingerprint density at radius 3 is 2.58 bits per heavy atom. The van der Waals surface area contributed by atoms with E-state index in [0.29, 0.717) is 5.56 Å². The summed E-state index contributed by atoms with van der Waals surface area (Å²) in [5.41, 5.74) is 4.93. The number of fused-ring (bicyclic) bond motifs is 1. The molecular formula is C21H24N2O2S. The Morgan fingerprint density at radius 2 is 1.92 bits per heavy atom. The lowest BCUT2D eigenvalue weighted by Crippen LogP contribution is -2.17. The number of ether oxygens (including phenoxy) is 1. The monoisotopic (exact) mass is 368 g/mol. The van der Waals surface area contributed by atoms with Gasteiger partial charge in [-0.3, -0.25) is 4.79 Å². The van der Waals surface area contributed by atoms with Crippen LogP contribution in [-0.4, -0.2) is 17.6 Å². The molecule has 4 nitrogen and oxygen atoms in total. The molecule has 0 radical (unpaired) electrons. The van der Waals surface area contributed by atoms with E-state index in [0.717, 1.165) is 50.4 Å². The summed E-state index contributed by atoms with van der Waals surface area (Å²) in [7, 11) is 1.68. The summed E-state index contributed by atoms with van der Waals surface area (Å²) in [4.78, 5) is 18.0. The van der Waals surface area contributed by atoms with Crippen LogP contribution in [0.3, 0.4) is 0 Å². The first-order chi connectivity index (χ1) is 12.5. The van der Waals surface area contributed by atoms with Crippen LogP contribution in [0.5, 0.6) is 5.75 Å². The SMILES string of the molecule is CCCn1c(=NC(=O)c2ccc(C)cc2C)sc2c(C)ccc(OC)c21. The molecule has 1 aromatic heterocycles. The zero-order valence-electron chi connectivity index (χ0n) is 15.9. The molecule has 1 amide bonds. The van der Waals surface area contributed by atoms with Crippen LogP contribution in [0.2, 0.25) is 0 Å². The molecular weight excluding hydrogens is 344 g/mol. The molecule has 0 unspecified atom stereocenters. The molecule has 0 saturated carbocycles. The Balaban J connectivity index is 2.23. The van der Waals surface area contributed by atoms with Crippen LogP contribution in [0, 0.1) is 20.8 Å². The molecule has 2 aromatic carbocycles. The van der Waals surface area contributed by atoms with Gasteiger partial charge in [0.15, 0.2) is 4.80 Å². The largest absolute Gasteiger partial charge is 0.495 e. The number of methoxy groups -OCH3 is 1. The van der Waals surface area contributed by atoms with E-state index >= 15 is 0 Å². The van der Waals surface area contributed by atoms with Gasteiger partial charge in [-0.15, -0.1) is 0 Å². The summed E-state index contributed by atoms with van der Waals surface area (Å²) >= 11 is 1.55. The van der Waals surface area contributed by atoms with Gasteiger partial charge >= 0.3 is 0 Å². The molecule has 3 rings (SSSR count). The topological polar surface area (TPSA) is 43.6 Å². The highest BCUT2D eigenvalue weighted by molar-refractivity contribution is 7.16. The number of amides is 1. The second-order valence-corrected chi connectivity index (χ2v) is 7.51. The number of thiazole rings is 1. The number of nitrogens with zero attached hydrogens (tertiary/aromatic N) is 2. The van der Waals surface area contributed by atoms with E-state index in [4.69, 9.17) is 4.74 Å². The molecule has 0 fully saturated rings. The fourth-order valence-corrected chi connectivity index (χ4v) is 4.30. The smallest absolute Gasteiger partial charge is 0.279 e. The molecule has 136 valence electrons. The minimum atomic E-state index is -0.199. The fourth-order valence-electron chi connectivity index (χ4n) is 3.16. The molecule has 3 aromatic rings. The molecule has 5 heteroatoms. The quantitative estimate of drug-likeness (QED) is 0.665. The average Bonchev–Trinajstić information content (AvgIpc) is 2.95. The average molecular weight is 369 g/mol. The van der Waals surface area contributed by atoms with Crippen LogP contribution < -0.4 is 9.54 Å². The van der Waals surface area contributed by atoms with Crippen LogP contribution in [0.1, 0.15) is 40.4 Å². The van der Waals surface area contributed by atoms with Gasteiger partial charge in [-0.25, -0.2) is 0 Å². The number of carbonyl (C=O) groups is 1. The van der Waals surface area contributed by atoms with Crippen molar-refractivity contribution in [2.45, 2.75) is 40.7 Å². The first-order valence-electron chi connectivity index (χ1n) is 8.79. The van der Waals surface area contributed by atoms with Gasteiger partial charge in [0.2, 0.25) is 0 Å². The van der Waals surface area contributed by atoms with Crippen molar-refractivity contribution < 1.29 is 9.53 Å². The minimum absolute atomic E-state index is 0.199. The normalized spacial score (nSPS) is 12.0. The number of rotatable bonds is 4. The highest BCUT2D eigenvalue weighted by atomic mass is 32.1. The molecule has 1 heterocycles. The van der Waals surface area contributed by atoms with Gasteiger partial charge in [0.05, 0.1) is 11.8 Å². The molecule has 0 bridgehead atoms. The number of aromatic nitrogens is 1. The molecule has 0 spiro atoms. The molecule has 26 heavy (non-hydrogen) atoms. The predicted molar refractivity (Wildman–Crippen MR) is 107 cm³/mol. The summed E-state index contributed by atoms with van der Waals surface area (Å²) in [6.07, 6.45) is 0.952. The van der Waals surface area contributed by atoms with Crippen LogP contribution >= 0.6 is 11.3 Å².